The minimum atomic E-state index is 0.647. The van der Waals surface area contributed by atoms with Crippen LogP contribution in [0.25, 0.3) is 0 Å². The van der Waals surface area contributed by atoms with Crippen molar-refractivity contribution in [1.29, 1.82) is 5.26 Å². The fourth-order valence-electron chi connectivity index (χ4n) is 2.94. The molecule has 0 radical (unpaired) electrons. The Morgan fingerprint density at radius 3 is 2.48 bits per heavy atom. The molecule has 1 aliphatic rings. The Balaban J connectivity index is 1.52. The summed E-state index contributed by atoms with van der Waals surface area (Å²) in [7, 11) is 0. The molecule has 0 bridgehead atoms. The van der Waals surface area contributed by atoms with Crippen molar-refractivity contribution in [3.63, 3.8) is 0 Å². The zero-order valence-electron chi connectivity index (χ0n) is 14.8. The first-order chi connectivity index (χ1) is 12.2. The first-order valence-corrected chi connectivity index (χ1v) is 8.58. The van der Waals surface area contributed by atoms with Crippen molar-refractivity contribution in [2.75, 3.05) is 44.2 Å². The van der Waals surface area contributed by atoms with Crippen molar-refractivity contribution in [2.24, 2.45) is 0 Å². The lowest BCUT2D eigenvalue weighted by Crippen LogP contribution is -2.48. The molecule has 2 heterocycles. The van der Waals surface area contributed by atoms with E-state index in [2.05, 4.69) is 26.1 Å². The lowest BCUT2D eigenvalue weighted by molar-refractivity contribution is 0.200. The van der Waals surface area contributed by atoms with Gasteiger partial charge in [0.05, 0.1) is 5.69 Å². The third kappa shape index (κ3) is 4.06. The molecule has 1 aliphatic heterocycles. The number of hydrogen-bond acceptors (Lipinski definition) is 6. The third-order valence-electron chi connectivity index (χ3n) is 4.64. The Morgan fingerprint density at radius 2 is 1.80 bits per heavy atom. The van der Waals surface area contributed by atoms with Crippen molar-refractivity contribution in [3.8, 4) is 11.8 Å². The van der Waals surface area contributed by atoms with E-state index < -0.39 is 0 Å². The number of anilines is 1. The molecule has 1 aromatic heterocycles. The summed E-state index contributed by atoms with van der Waals surface area (Å²) in [5.41, 5.74) is 2.39. The normalized spacial score (nSPS) is 15.0. The molecule has 3 rings (SSSR count). The van der Waals surface area contributed by atoms with E-state index in [-0.39, 0.29) is 0 Å². The van der Waals surface area contributed by atoms with Gasteiger partial charge in [-0.05, 0) is 31.5 Å². The highest BCUT2D eigenvalue weighted by atomic mass is 16.5. The van der Waals surface area contributed by atoms with Crippen LogP contribution in [0.1, 0.15) is 16.8 Å². The zero-order chi connectivity index (χ0) is 17.6. The average molecular weight is 337 g/mol. The minimum Gasteiger partial charge on any atom is -0.492 e. The summed E-state index contributed by atoms with van der Waals surface area (Å²) >= 11 is 0. The number of rotatable bonds is 5. The van der Waals surface area contributed by atoms with Gasteiger partial charge in [-0.2, -0.15) is 10.4 Å². The van der Waals surface area contributed by atoms with Crippen LogP contribution in [-0.2, 0) is 0 Å². The molecule has 0 unspecified atom stereocenters. The van der Waals surface area contributed by atoms with Crippen molar-refractivity contribution >= 4 is 5.82 Å². The van der Waals surface area contributed by atoms with E-state index in [1.807, 2.05) is 44.2 Å². The van der Waals surface area contributed by atoms with Gasteiger partial charge >= 0.3 is 0 Å². The lowest BCUT2D eigenvalue weighted by atomic mass is 10.1. The maximum absolute atomic E-state index is 9.46. The highest BCUT2D eigenvalue weighted by Gasteiger charge is 2.22. The molecule has 25 heavy (non-hydrogen) atoms. The SMILES string of the molecule is Cc1nnc(N2CCN(CCOc3ccccc3)CC2)c(C#N)c1C. The lowest BCUT2D eigenvalue weighted by Gasteiger charge is -2.35. The molecule has 6 heteroatoms. The van der Waals surface area contributed by atoms with Gasteiger partial charge in [0, 0.05) is 32.7 Å². The Hall–Kier alpha value is -2.65. The number of aromatic nitrogens is 2. The van der Waals surface area contributed by atoms with Crippen molar-refractivity contribution in [2.45, 2.75) is 13.8 Å². The van der Waals surface area contributed by atoms with E-state index in [9.17, 15) is 5.26 Å². The minimum absolute atomic E-state index is 0.647. The maximum atomic E-state index is 9.46. The summed E-state index contributed by atoms with van der Waals surface area (Å²) in [5, 5.41) is 17.9. The second-order valence-corrected chi connectivity index (χ2v) is 6.21. The summed E-state index contributed by atoms with van der Waals surface area (Å²) in [6.45, 7) is 8.94. The number of ether oxygens (including phenoxy) is 1. The van der Waals surface area contributed by atoms with Crippen LogP contribution in [-0.4, -0.2) is 54.4 Å². The predicted octanol–water partition coefficient (Wildman–Crippen LogP) is 2.17. The number of aryl methyl sites for hydroxylation is 1. The molecule has 2 aromatic rings. The predicted molar refractivity (Wildman–Crippen MR) is 96.8 cm³/mol. The number of hydrogen-bond donors (Lipinski definition) is 0. The summed E-state index contributed by atoms with van der Waals surface area (Å²) < 4.78 is 5.76. The fraction of sp³-hybridized carbons (Fsp3) is 0.421. The van der Waals surface area contributed by atoms with Crippen LogP contribution < -0.4 is 9.64 Å². The van der Waals surface area contributed by atoms with Gasteiger partial charge in [0.1, 0.15) is 24.0 Å². The average Bonchev–Trinajstić information content (AvgIpc) is 2.65. The van der Waals surface area contributed by atoms with E-state index in [1.54, 1.807) is 0 Å². The van der Waals surface area contributed by atoms with Gasteiger partial charge < -0.3 is 9.64 Å². The van der Waals surface area contributed by atoms with Crippen LogP contribution in [0.4, 0.5) is 5.82 Å². The van der Waals surface area contributed by atoms with Gasteiger partial charge in [0.15, 0.2) is 5.82 Å². The van der Waals surface area contributed by atoms with Gasteiger partial charge in [-0.3, -0.25) is 4.90 Å². The summed E-state index contributed by atoms with van der Waals surface area (Å²) in [6.07, 6.45) is 0. The molecule has 0 aliphatic carbocycles. The molecule has 0 N–H and O–H groups in total. The largest absolute Gasteiger partial charge is 0.492 e. The van der Waals surface area contributed by atoms with Crippen molar-refractivity contribution in [3.05, 3.63) is 47.2 Å². The molecule has 1 fully saturated rings. The molecule has 1 saturated heterocycles. The van der Waals surface area contributed by atoms with Crippen LogP contribution in [0.2, 0.25) is 0 Å². The maximum Gasteiger partial charge on any atom is 0.169 e. The first-order valence-electron chi connectivity index (χ1n) is 8.58. The van der Waals surface area contributed by atoms with Crippen molar-refractivity contribution in [1.82, 2.24) is 15.1 Å². The standard InChI is InChI=1S/C19H23N5O/c1-15-16(2)21-22-19(18(15)14-20)24-10-8-23(9-11-24)12-13-25-17-6-4-3-5-7-17/h3-7H,8-13H2,1-2H3. The van der Waals surface area contributed by atoms with E-state index in [1.165, 1.54) is 0 Å². The third-order valence-corrected chi connectivity index (χ3v) is 4.64. The van der Waals surface area contributed by atoms with Crippen LogP contribution in [0, 0.1) is 25.2 Å². The van der Waals surface area contributed by atoms with Crippen LogP contribution in [0.15, 0.2) is 30.3 Å². The van der Waals surface area contributed by atoms with E-state index in [0.717, 1.165) is 49.7 Å². The molecule has 130 valence electrons. The van der Waals surface area contributed by atoms with Gasteiger partial charge in [0.25, 0.3) is 0 Å². The highest BCUT2D eigenvalue weighted by molar-refractivity contribution is 5.57. The molecular formula is C19H23N5O. The molecule has 0 saturated carbocycles. The number of para-hydroxylation sites is 1. The smallest absolute Gasteiger partial charge is 0.169 e. The first kappa shape index (κ1) is 17.2. The second kappa shape index (κ2) is 7.95. The highest BCUT2D eigenvalue weighted by Crippen LogP contribution is 2.22. The van der Waals surface area contributed by atoms with Crippen LogP contribution in [0.5, 0.6) is 5.75 Å². The summed E-state index contributed by atoms with van der Waals surface area (Å²) in [4.78, 5) is 4.53. The number of nitrogens with zero attached hydrogens (tertiary/aromatic N) is 5. The topological polar surface area (TPSA) is 65.3 Å². The molecular weight excluding hydrogens is 314 g/mol. The van der Waals surface area contributed by atoms with E-state index in [0.29, 0.717) is 18.0 Å². The summed E-state index contributed by atoms with van der Waals surface area (Å²) in [6, 6.07) is 12.2. The Kier molecular flexibility index (Phi) is 5.46. The summed E-state index contributed by atoms with van der Waals surface area (Å²) in [5.74, 6) is 1.62. The number of benzene rings is 1. The van der Waals surface area contributed by atoms with Crippen LogP contribution in [0.3, 0.4) is 0 Å². The van der Waals surface area contributed by atoms with E-state index in [4.69, 9.17) is 4.74 Å². The second-order valence-electron chi connectivity index (χ2n) is 6.21. The molecule has 0 amide bonds. The van der Waals surface area contributed by atoms with Gasteiger partial charge in [-0.25, -0.2) is 0 Å². The molecule has 0 spiro atoms. The molecule has 0 atom stereocenters. The number of nitriles is 1. The Bertz CT molecular complexity index is 748. The Morgan fingerprint density at radius 1 is 1.08 bits per heavy atom. The van der Waals surface area contributed by atoms with Gasteiger partial charge in [-0.1, -0.05) is 18.2 Å². The monoisotopic (exact) mass is 337 g/mol. The van der Waals surface area contributed by atoms with E-state index >= 15 is 0 Å². The molecule has 6 nitrogen and oxygen atoms in total. The van der Waals surface area contributed by atoms with Gasteiger partial charge in [0.2, 0.25) is 0 Å². The molecule has 1 aromatic carbocycles. The zero-order valence-corrected chi connectivity index (χ0v) is 14.8. The van der Waals surface area contributed by atoms with Crippen molar-refractivity contribution < 1.29 is 4.74 Å². The number of piperazine rings is 1. The van der Waals surface area contributed by atoms with Gasteiger partial charge in [-0.15, -0.1) is 5.10 Å². The Labute approximate surface area is 148 Å². The fourth-order valence-corrected chi connectivity index (χ4v) is 2.94. The van der Waals surface area contributed by atoms with Crippen LogP contribution >= 0.6 is 0 Å². The quantitative estimate of drug-likeness (QED) is 0.833.